The van der Waals surface area contributed by atoms with Crippen molar-refractivity contribution in [2.75, 3.05) is 23.3 Å². The molecular weight excluding hydrogens is 359 g/mol. The summed E-state index contributed by atoms with van der Waals surface area (Å²) in [4.78, 5) is 11.5. The van der Waals surface area contributed by atoms with Crippen molar-refractivity contribution >= 4 is 46.8 Å². The highest BCUT2D eigenvalue weighted by Crippen LogP contribution is 2.24. The van der Waals surface area contributed by atoms with Crippen LogP contribution in [0.25, 0.3) is 11.0 Å². The minimum absolute atomic E-state index is 0. The van der Waals surface area contributed by atoms with E-state index in [0.717, 1.165) is 40.5 Å². The van der Waals surface area contributed by atoms with E-state index in [1.54, 1.807) is 10.9 Å². The number of aryl methyl sites for hydroxylation is 1. The molecule has 3 aromatic rings. The fraction of sp³-hybridized carbons (Fsp3) is 0.353. The van der Waals surface area contributed by atoms with Crippen molar-refractivity contribution in [3.63, 3.8) is 0 Å². The van der Waals surface area contributed by atoms with Gasteiger partial charge in [-0.1, -0.05) is 29.8 Å². The van der Waals surface area contributed by atoms with Crippen molar-refractivity contribution in [2.24, 2.45) is 7.05 Å². The smallest absolute Gasteiger partial charge is 0.229 e. The first-order valence-corrected chi connectivity index (χ1v) is 8.43. The number of hydrogen-bond donors (Lipinski definition) is 1. The number of rotatable bonds is 6. The zero-order valence-corrected chi connectivity index (χ0v) is 16.1. The number of aromatic nitrogens is 4. The van der Waals surface area contributed by atoms with Gasteiger partial charge >= 0.3 is 0 Å². The van der Waals surface area contributed by atoms with Crippen molar-refractivity contribution in [1.29, 1.82) is 0 Å². The van der Waals surface area contributed by atoms with E-state index in [1.165, 1.54) is 0 Å². The van der Waals surface area contributed by atoms with Crippen LogP contribution in [0.3, 0.4) is 0 Å². The summed E-state index contributed by atoms with van der Waals surface area (Å²) in [5.74, 6) is 1.48. The first-order valence-electron chi connectivity index (χ1n) is 8.06. The van der Waals surface area contributed by atoms with Crippen LogP contribution in [-0.2, 0) is 13.6 Å². The lowest BCUT2D eigenvalue weighted by atomic mass is 10.2. The maximum atomic E-state index is 6.24. The molecule has 1 N–H and O–H groups in total. The molecule has 0 amide bonds. The molecule has 0 aliphatic rings. The normalized spacial score (nSPS) is 10.6. The molecule has 0 unspecified atom stereocenters. The van der Waals surface area contributed by atoms with Gasteiger partial charge in [-0.2, -0.15) is 15.1 Å². The monoisotopic (exact) mass is 380 g/mol. The number of halogens is 2. The second kappa shape index (κ2) is 8.36. The Bertz CT molecular complexity index is 844. The zero-order valence-electron chi connectivity index (χ0n) is 14.5. The maximum Gasteiger partial charge on any atom is 0.229 e. The van der Waals surface area contributed by atoms with E-state index in [2.05, 4.69) is 34.1 Å². The van der Waals surface area contributed by atoms with Gasteiger partial charge < -0.3 is 10.2 Å². The van der Waals surface area contributed by atoms with E-state index < -0.39 is 0 Å². The highest BCUT2D eigenvalue weighted by molar-refractivity contribution is 6.31. The van der Waals surface area contributed by atoms with Crippen molar-refractivity contribution < 1.29 is 0 Å². The highest BCUT2D eigenvalue weighted by Gasteiger charge is 2.14. The van der Waals surface area contributed by atoms with Crippen LogP contribution in [-0.4, -0.2) is 32.8 Å². The Balaban J connectivity index is 0.00000225. The van der Waals surface area contributed by atoms with Gasteiger partial charge in [0.25, 0.3) is 0 Å². The average molecular weight is 381 g/mol. The van der Waals surface area contributed by atoms with E-state index in [9.17, 15) is 0 Å². The Morgan fingerprint density at radius 1 is 1.16 bits per heavy atom. The predicted molar refractivity (Wildman–Crippen MR) is 106 cm³/mol. The minimum atomic E-state index is 0. The summed E-state index contributed by atoms with van der Waals surface area (Å²) in [6, 6.07) is 7.79. The number of fused-ring (bicyclic) bond motifs is 1. The van der Waals surface area contributed by atoms with Gasteiger partial charge in [-0.25, -0.2) is 0 Å². The fourth-order valence-electron chi connectivity index (χ4n) is 2.61. The van der Waals surface area contributed by atoms with Crippen molar-refractivity contribution in [2.45, 2.75) is 20.4 Å². The van der Waals surface area contributed by atoms with Crippen LogP contribution in [0, 0.1) is 0 Å². The molecule has 0 aliphatic carbocycles. The molecule has 0 aliphatic heterocycles. The van der Waals surface area contributed by atoms with Crippen molar-refractivity contribution in [1.82, 2.24) is 19.7 Å². The topological polar surface area (TPSA) is 58.9 Å². The van der Waals surface area contributed by atoms with Crippen LogP contribution in [0.4, 0.5) is 11.8 Å². The average Bonchev–Trinajstić information content (AvgIpc) is 2.97. The van der Waals surface area contributed by atoms with Crippen molar-refractivity contribution in [3.05, 3.63) is 41.0 Å². The number of benzene rings is 1. The van der Waals surface area contributed by atoms with E-state index in [4.69, 9.17) is 16.6 Å². The number of nitrogens with zero attached hydrogens (tertiary/aromatic N) is 5. The lowest BCUT2D eigenvalue weighted by Crippen LogP contribution is -2.24. The highest BCUT2D eigenvalue weighted by atomic mass is 35.5. The predicted octanol–water partition coefficient (Wildman–Crippen LogP) is 3.90. The summed E-state index contributed by atoms with van der Waals surface area (Å²) in [5, 5.41) is 9.34. The first kappa shape index (κ1) is 19.3. The van der Waals surface area contributed by atoms with Crippen LogP contribution >= 0.6 is 24.0 Å². The summed E-state index contributed by atoms with van der Waals surface area (Å²) in [6.07, 6.45) is 1.79. The molecule has 2 aromatic heterocycles. The molecule has 134 valence electrons. The van der Waals surface area contributed by atoms with Gasteiger partial charge in [0.15, 0.2) is 5.65 Å². The van der Waals surface area contributed by atoms with Crippen LogP contribution in [0.5, 0.6) is 0 Å². The molecule has 3 rings (SSSR count). The molecule has 0 saturated carbocycles. The van der Waals surface area contributed by atoms with Gasteiger partial charge in [-0.3, -0.25) is 4.68 Å². The lowest BCUT2D eigenvalue weighted by molar-refractivity contribution is 0.776. The van der Waals surface area contributed by atoms with E-state index in [1.807, 2.05) is 31.3 Å². The molecule has 0 saturated heterocycles. The van der Waals surface area contributed by atoms with Gasteiger partial charge in [-0.15, -0.1) is 12.4 Å². The third kappa shape index (κ3) is 3.96. The Morgan fingerprint density at radius 2 is 1.88 bits per heavy atom. The van der Waals surface area contributed by atoms with Crippen LogP contribution in [0.15, 0.2) is 30.5 Å². The van der Waals surface area contributed by atoms with E-state index in [0.29, 0.717) is 12.5 Å². The molecule has 0 radical (unpaired) electrons. The third-order valence-electron chi connectivity index (χ3n) is 4.03. The summed E-state index contributed by atoms with van der Waals surface area (Å²) < 4.78 is 1.77. The second-order valence-corrected chi connectivity index (χ2v) is 5.90. The molecule has 0 bridgehead atoms. The Morgan fingerprint density at radius 3 is 2.56 bits per heavy atom. The summed E-state index contributed by atoms with van der Waals surface area (Å²) in [7, 11) is 1.89. The minimum Gasteiger partial charge on any atom is -0.365 e. The summed E-state index contributed by atoms with van der Waals surface area (Å²) in [5.41, 5.74) is 1.84. The largest absolute Gasteiger partial charge is 0.365 e. The van der Waals surface area contributed by atoms with Gasteiger partial charge in [0, 0.05) is 31.7 Å². The fourth-order valence-corrected chi connectivity index (χ4v) is 2.82. The number of nitrogens with one attached hydrogen (secondary N) is 1. The lowest BCUT2D eigenvalue weighted by Gasteiger charge is -2.19. The summed E-state index contributed by atoms with van der Waals surface area (Å²) >= 11 is 6.24. The number of anilines is 2. The van der Waals surface area contributed by atoms with Gasteiger partial charge in [-0.05, 0) is 25.5 Å². The first-order chi connectivity index (χ1) is 11.6. The van der Waals surface area contributed by atoms with Gasteiger partial charge in [0.2, 0.25) is 5.95 Å². The number of hydrogen-bond acceptors (Lipinski definition) is 5. The van der Waals surface area contributed by atoms with Gasteiger partial charge in [0.05, 0.1) is 11.6 Å². The maximum absolute atomic E-state index is 6.24. The molecule has 8 heteroatoms. The molecular formula is C17H22Cl2N6. The summed E-state index contributed by atoms with van der Waals surface area (Å²) in [6.45, 7) is 6.49. The second-order valence-electron chi connectivity index (χ2n) is 5.49. The quantitative estimate of drug-likeness (QED) is 0.702. The van der Waals surface area contributed by atoms with Crippen LogP contribution in [0.2, 0.25) is 5.02 Å². The zero-order chi connectivity index (χ0) is 17.1. The van der Waals surface area contributed by atoms with Crippen LogP contribution < -0.4 is 10.2 Å². The van der Waals surface area contributed by atoms with Crippen molar-refractivity contribution in [3.8, 4) is 0 Å². The van der Waals surface area contributed by atoms with Crippen LogP contribution in [0.1, 0.15) is 19.4 Å². The molecule has 1 aromatic carbocycles. The standard InChI is InChI=1S/C17H21ClN6.ClH/c1-4-24(5-2)17-21-15(13-11-20-23(3)16(13)22-17)19-10-12-8-6-7-9-14(12)18;/h6-9,11H,4-5,10H2,1-3H3,(H,19,21,22);1H. The Kier molecular flexibility index (Phi) is 6.45. The van der Waals surface area contributed by atoms with E-state index >= 15 is 0 Å². The SMILES string of the molecule is CCN(CC)c1nc(NCc2ccccc2Cl)c2cnn(C)c2n1.Cl. The van der Waals surface area contributed by atoms with E-state index in [-0.39, 0.29) is 12.4 Å². The molecule has 0 atom stereocenters. The molecule has 0 fully saturated rings. The third-order valence-corrected chi connectivity index (χ3v) is 4.40. The van der Waals surface area contributed by atoms with Gasteiger partial charge in [0.1, 0.15) is 5.82 Å². The Labute approximate surface area is 158 Å². The molecule has 0 spiro atoms. The molecule has 6 nitrogen and oxygen atoms in total. The molecule has 25 heavy (non-hydrogen) atoms. The molecule has 2 heterocycles. The Hall–Kier alpha value is -2.05.